The van der Waals surface area contributed by atoms with Crippen LogP contribution in [-0.4, -0.2) is 30.2 Å². The zero-order valence-electron chi connectivity index (χ0n) is 11.2. The Kier molecular flexibility index (Phi) is 5.91. The zero-order chi connectivity index (χ0) is 12.7. The summed E-state index contributed by atoms with van der Waals surface area (Å²) in [6.07, 6.45) is 4.92. The molecule has 0 aliphatic heterocycles. The molecule has 1 N–H and O–H groups in total. The van der Waals surface area contributed by atoms with Crippen LogP contribution < -0.4 is 10.1 Å². The van der Waals surface area contributed by atoms with Crippen molar-refractivity contribution < 1.29 is 4.74 Å². The number of rotatable bonds is 7. The summed E-state index contributed by atoms with van der Waals surface area (Å²) in [5.74, 6) is 1.28. The quantitative estimate of drug-likeness (QED) is 0.788. The lowest BCUT2D eigenvalue weighted by Crippen LogP contribution is -2.34. The van der Waals surface area contributed by atoms with Gasteiger partial charge >= 0.3 is 0 Å². The lowest BCUT2D eigenvalue weighted by atomic mass is 9.93. The second kappa shape index (κ2) is 7.22. The molecular formula is C13H23N3O. The van der Waals surface area contributed by atoms with E-state index in [1.807, 2.05) is 13.1 Å². The number of methoxy groups -OCH3 is 1. The molecule has 0 bridgehead atoms. The van der Waals surface area contributed by atoms with E-state index >= 15 is 0 Å². The van der Waals surface area contributed by atoms with Crippen LogP contribution in [0.2, 0.25) is 0 Å². The molecule has 0 saturated heterocycles. The van der Waals surface area contributed by atoms with E-state index in [2.05, 4.69) is 29.1 Å². The highest BCUT2D eigenvalue weighted by molar-refractivity contribution is 5.14. The highest BCUT2D eigenvalue weighted by atomic mass is 16.5. The van der Waals surface area contributed by atoms with E-state index < -0.39 is 0 Å². The molecule has 1 aromatic heterocycles. The first-order valence-corrected chi connectivity index (χ1v) is 6.23. The Balaban J connectivity index is 2.66. The van der Waals surface area contributed by atoms with Crippen LogP contribution in [0.1, 0.15) is 32.4 Å². The topological polar surface area (TPSA) is 47.0 Å². The molecule has 4 heteroatoms. The predicted molar refractivity (Wildman–Crippen MR) is 69.2 cm³/mol. The van der Waals surface area contributed by atoms with Gasteiger partial charge in [-0.15, -0.1) is 0 Å². The number of hydrogen-bond donors (Lipinski definition) is 1. The lowest BCUT2D eigenvalue weighted by molar-refractivity contribution is 0.366. The maximum absolute atomic E-state index is 5.11. The molecule has 0 radical (unpaired) electrons. The number of nitrogens with zero attached hydrogens (tertiary/aromatic N) is 2. The number of ether oxygens (including phenoxy) is 1. The summed E-state index contributed by atoms with van der Waals surface area (Å²) in [7, 11) is 3.64. The minimum Gasteiger partial charge on any atom is -0.481 e. The summed E-state index contributed by atoms with van der Waals surface area (Å²) in [6.45, 7) is 4.50. The Labute approximate surface area is 104 Å². The number of nitrogens with one attached hydrogen (secondary N) is 1. The molecule has 4 nitrogen and oxygen atoms in total. The van der Waals surface area contributed by atoms with Gasteiger partial charge in [-0.05, 0) is 19.4 Å². The monoisotopic (exact) mass is 237 g/mol. The lowest BCUT2D eigenvalue weighted by Gasteiger charge is -2.22. The van der Waals surface area contributed by atoms with Crippen molar-refractivity contribution in [2.45, 2.75) is 39.2 Å². The third-order valence-corrected chi connectivity index (χ3v) is 3.14. The second-order valence-electron chi connectivity index (χ2n) is 4.42. The third kappa shape index (κ3) is 4.30. The molecule has 0 fully saturated rings. The van der Waals surface area contributed by atoms with Gasteiger partial charge in [-0.25, -0.2) is 9.97 Å². The third-order valence-electron chi connectivity index (χ3n) is 3.14. The SMILES string of the molecule is CCCC(C)C(Cc1cc(OC)ncn1)NC. The van der Waals surface area contributed by atoms with Gasteiger partial charge in [-0.2, -0.15) is 0 Å². The molecule has 0 spiro atoms. The molecule has 2 unspecified atom stereocenters. The average Bonchev–Trinajstić information content (AvgIpc) is 2.36. The van der Waals surface area contributed by atoms with Gasteiger partial charge < -0.3 is 10.1 Å². The van der Waals surface area contributed by atoms with Gasteiger partial charge in [0.05, 0.1) is 7.11 Å². The van der Waals surface area contributed by atoms with Gasteiger partial charge in [0, 0.05) is 24.2 Å². The molecule has 17 heavy (non-hydrogen) atoms. The largest absolute Gasteiger partial charge is 0.481 e. The minimum absolute atomic E-state index is 0.453. The molecule has 0 aliphatic carbocycles. The van der Waals surface area contributed by atoms with E-state index in [0.29, 0.717) is 17.8 Å². The Morgan fingerprint density at radius 1 is 1.41 bits per heavy atom. The van der Waals surface area contributed by atoms with Crippen LogP contribution in [0.4, 0.5) is 0 Å². The minimum atomic E-state index is 0.453. The first kappa shape index (κ1) is 13.9. The van der Waals surface area contributed by atoms with Crippen LogP contribution in [0.5, 0.6) is 5.88 Å². The van der Waals surface area contributed by atoms with Crippen LogP contribution in [0.25, 0.3) is 0 Å². The van der Waals surface area contributed by atoms with Crippen molar-refractivity contribution in [1.82, 2.24) is 15.3 Å². The first-order chi connectivity index (χ1) is 8.21. The molecule has 96 valence electrons. The second-order valence-corrected chi connectivity index (χ2v) is 4.42. The number of likely N-dealkylation sites (N-methyl/N-ethyl adjacent to an activating group) is 1. The smallest absolute Gasteiger partial charge is 0.216 e. The highest BCUT2D eigenvalue weighted by Gasteiger charge is 2.16. The fourth-order valence-electron chi connectivity index (χ4n) is 2.07. The van der Waals surface area contributed by atoms with Gasteiger partial charge in [0.25, 0.3) is 0 Å². The molecule has 1 rings (SSSR count). The summed E-state index contributed by atoms with van der Waals surface area (Å²) >= 11 is 0. The fourth-order valence-corrected chi connectivity index (χ4v) is 2.07. The Morgan fingerprint density at radius 3 is 2.76 bits per heavy atom. The Bertz CT molecular complexity index is 330. The van der Waals surface area contributed by atoms with Crippen molar-refractivity contribution in [2.75, 3.05) is 14.2 Å². The Morgan fingerprint density at radius 2 is 2.18 bits per heavy atom. The summed E-state index contributed by atoms with van der Waals surface area (Å²) < 4.78 is 5.11. The predicted octanol–water partition coefficient (Wildman–Crippen LogP) is 2.05. The van der Waals surface area contributed by atoms with Crippen LogP contribution in [-0.2, 0) is 6.42 Å². The van der Waals surface area contributed by atoms with Crippen molar-refractivity contribution >= 4 is 0 Å². The highest BCUT2D eigenvalue weighted by Crippen LogP contribution is 2.15. The van der Waals surface area contributed by atoms with E-state index in [4.69, 9.17) is 4.74 Å². The Hall–Kier alpha value is -1.16. The summed E-state index contributed by atoms with van der Waals surface area (Å²) in [4.78, 5) is 8.30. The average molecular weight is 237 g/mol. The van der Waals surface area contributed by atoms with Gasteiger partial charge in [-0.1, -0.05) is 20.3 Å². The van der Waals surface area contributed by atoms with E-state index in [1.54, 1.807) is 13.4 Å². The van der Waals surface area contributed by atoms with Crippen LogP contribution in [0.3, 0.4) is 0 Å². The normalized spacial score (nSPS) is 14.4. The van der Waals surface area contributed by atoms with Crippen molar-refractivity contribution in [1.29, 1.82) is 0 Å². The van der Waals surface area contributed by atoms with E-state index in [9.17, 15) is 0 Å². The molecule has 1 heterocycles. The van der Waals surface area contributed by atoms with Gasteiger partial charge in [0.1, 0.15) is 6.33 Å². The van der Waals surface area contributed by atoms with Gasteiger partial charge in [0.2, 0.25) is 5.88 Å². The van der Waals surface area contributed by atoms with Crippen LogP contribution in [0, 0.1) is 5.92 Å². The maximum atomic E-state index is 5.11. The summed E-state index contributed by atoms with van der Waals surface area (Å²) in [5.41, 5.74) is 1.03. The van der Waals surface area contributed by atoms with Gasteiger partial charge in [0.15, 0.2) is 0 Å². The van der Waals surface area contributed by atoms with Gasteiger partial charge in [-0.3, -0.25) is 0 Å². The molecule has 0 aromatic carbocycles. The fraction of sp³-hybridized carbons (Fsp3) is 0.692. The molecule has 0 saturated carbocycles. The van der Waals surface area contributed by atoms with E-state index in [1.165, 1.54) is 12.8 Å². The summed E-state index contributed by atoms with van der Waals surface area (Å²) in [5, 5.41) is 3.37. The molecular weight excluding hydrogens is 214 g/mol. The standard InChI is InChI=1S/C13H23N3O/c1-5-6-10(2)12(14-3)7-11-8-13(17-4)16-9-15-11/h8-10,12,14H,5-7H2,1-4H3. The molecule has 2 atom stereocenters. The zero-order valence-corrected chi connectivity index (χ0v) is 11.2. The number of hydrogen-bond acceptors (Lipinski definition) is 4. The first-order valence-electron chi connectivity index (χ1n) is 6.23. The van der Waals surface area contributed by atoms with Crippen molar-refractivity contribution in [2.24, 2.45) is 5.92 Å². The summed E-state index contributed by atoms with van der Waals surface area (Å²) in [6, 6.07) is 2.36. The van der Waals surface area contributed by atoms with Crippen molar-refractivity contribution in [3.05, 3.63) is 18.1 Å². The molecule has 0 amide bonds. The van der Waals surface area contributed by atoms with E-state index in [0.717, 1.165) is 12.1 Å². The maximum Gasteiger partial charge on any atom is 0.216 e. The van der Waals surface area contributed by atoms with E-state index in [-0.39, 0.29) is 0 Å². The van der Waals surface area contributed by atoms with Crippen LogP contribution >= 0.6 is 0 Å². The number of aromatic nitrogens is 2. The molecule has 0 aliphatic rings. The van der Waals surface area contributed by atoms with Crippen molar-refractivity contribution in [3.8, 4) is 5.88 Å². The van der Waals surface area contributed by atoms with Crippen LogP contribution in [0.15, 0.2) is 12.4 Å². The van der Waals surface area contributed by atoms with Crippen molar-refractivity contribution in [3.63, 3.8) is 0 Å². The molecule has 1 aromatic rings.